The van der Waals surface area contributed by atoms with Crippen LogP contribution in [0.25, 0.3) is 0 Å². The maximum absolute atomic E-state index is 11.2. The highest BCUT2D eigenvalue weighted by atomic mass is 16.1. The average molecular weight is 242 g/mol. The number of unbranched alkanes of at least 4 members (excludes halogenated alkanes) is 9. The summed E-state index contributed by atoms with van der Waals surface area (Å²) in [6.45, 7) is 2.03. The van der Waals surface area contributed by atoms with Crippen molar-refractivity contribution in [2.45, 2.75) is 71.1 Å². The molecule has 0 aliphatic heterocycles. The van der Waals surface area contributed by atoms with Gasteiger partial charge < -0.3 is 5.32 Å². The van der Waals surface area contributed by atoms with Crippen LogP contribution in [0.2, 0.25) is 0 Å². The first-order valence-corrected chi connectivity index (χ1v) is 7.01. The minimum atomic E-state index is -0.731. The van der Waals surface area contributed by atoms with Crippen molar-refractivity contribution in [3.05, 3.63) is 12.6 Å². The molecule has 0 aromatic carbocycles. The lowest BCUT2D eigenvalue weighted by Crippen LogP contribution is -2.21. The Morgan fingerprint density at radius 2 is 1.65 bits per heavy atom. The zero-order chi connectivity index (χ0) is 15.2. The molecule has 2 nitrogen and oxygen atoms in total. The molecule has 100 valence electrons. The lowest BCUT2D eigenvalue weighted by atomic mass is 10.1. The van der Waals surface area contributed by atoms with E-state index in [-0.39, 0.29) is 0 Å². The quantitative estimate of drug-likeness (QED) is 0.403. The summed E-state index contributed by atoms with van der Waals surface area (Å²) in [6.07, 6.45) is 12.4. The molecule has 0 aromatic heterocycles. The van der Waals surface area contributed by atoms with Crippen molar-refractivity contribution in [2.75, 3.05) is 6.54 Å². The Labute approximate surface area is 111 Å². The van der Waals surface area contributed by atoms with E-state index in [1.165, 1.54) is 51.4 Å². The second kappa shape index (κ2) is 13.3. The number of carbonyl (C=O) groups excluding carboxylic acids is 1. The molecular weight excluding hydrogens is 210 g/mol. The molecule has 1 N–H and O–H groups in total. The first-order valence-electron chi connectivity index (χ1n) is 8.51. The summed E-state index contributed by atoms with van der Waals surface area (Å²) in [5, 5.41) is 2.56. The van der Waals surface area contributed by atoms with Crippen LogP contribution in [0, 0.1) is 0 Å². The van der Waals surface area contributed by atoms with Gasteiger partial charge in [0.1, 0.15) is 0 Å². The zero-order valence-corrected chi connectivity index (χ0v) is 11.2. The molecule has 0 fully saturated rings. The minimum absolute atomic E-state index is 0.533. The third-order valence-electron chi connectivity index (χ3n) is 2.93. The first kappa shape index (κ1) is 11.3. The van der Waals surface area contributed by atoms with Gasteiger partial charge in [0.2, 0.25) is 5.91 Å². The Bertz CT molecular complexity index is 289. The highest BCUT2D eigenvalue weighted by Crippen LogP contribution is 2.10. The van der Waals surface area contributed by atoms with Crippen LogP contribution in [-0.4, -0.2) is 12.5 Å². The van der Waals surface area contributed by atoms with Crippen molar-refractivity contribution in [1.29, 1.82) is 0 Å². The van der Waals surface area contributed by atoms with E-state index < -0.39 is 18.5 Å². The van der Waals surface area contributed by atoms with Gasteiger partial charge in [-0.15, -0.1) is 0 Å². The topological polar surface area (TPSA) is 29.1 Å². The van der Waals surface area contributed by atoms with E-state index in [0.29, 0.717) is 6.54 Å². The fourth-order valence-corrected chi connectivity index (χ4v) is 1.86. The number of rotatable bonds is 12. The van der Waals surface area contributed by atoms with Crippen LogP contribution in [0.4, 0.5) is 0 Å². The van der Waals surface area contributed by atoms with Crippen LogP contribution in [0.15, 0.2) is 12.6 Å². The molecule has 1 amide bonds. The van der Waals surface area contributed by atoms with Crippen molar-refractivity contribution < 1.29 is 8.91 Å². The van der Waals surface area contributed by atoms with Crippen molar-refractivity contribution in [3.8, 4) is 0 Å². The van der Waals surface area contributed by atoms with Crippen LogP contribution in [0.5, 0.6) is 0 Å². The van der Waals surface area contributed by atoms with Gasteiger partial charge in [-0.1, -0.05) is 71.2 Å². The summed E-state index contributed by atoms with van der Waals surface area (Å²) >= 11 is 0. The fraction of sp³-hybridized carbons (Fsp3) is 0.800. The lowest BCUT2D eigenvalue weighted by molar-refractivity contribution is -0.116. The zero-order valence-electron chi connectivity index (χ0n) is 14.2. The summed E-state index contributed by atoms with van der Waals surface area (Å²) in [6, 6.07) is -0.558. The molecule has 0 atom stereocenters. The minimum Gasteiger partial charge on any atom is -0.353 e. The standard InChI is InChI=1S/C15H29NO/c1-3-5-6-7-8-9-10-11-12-13-14-16-15(17)4-2/h4H,2-3,5-14H2,1H3,(H,16,17)/i2D2,4D. The van der Waals surface area contributed by atoms with Gasteiger partial charge in [0.05, 0.1) is 4.11 Å². The molecule has 0 rings (SSSR count). The van der Waals surface area contributed by atoms with E-state index in [9.17, 15) is 4.79 Å². The molecule has 0 aromatic rings. The van der Waals surface area contributed by atoms with Gasteiger partial charge in [0.15, 0.2) is 0 Å². The van der Waals surface area contributed by atoms with Crippen LogP contribution in [0.3, 0.4) is 0 Å². The normalized spacial score (nSPS) is 12.4. The highest BCUT2D eigenvalue weighted by molar-refractivity contribution is 5.86. The van der Waals surface area contributed by atoms with Crippen LogP contribution >= 0.6 is 0 Å². The second-order valence-electron chi connectivity index (χ2n) is 4.56. The number of amides is 1. The third-order valence-corrected chi connectivity index (χ3v) is 2.93. The van der Waals surface area contributed by atoms with Crippen LogP contribution in [0.1, 0.15) is 75.2 Å². The Morgan fingerprint density at radius 3 is 2.18 bits per heavy atom. The maximum atomic E-state index is 11.2. The molecule has 0 aliphatic carbocycles. The van der Waals surface area contributed by atoms with Crippen molar-refractivity contribution in [3.63, 3.8) is 0 Å². The van der Waals surface area contributed by atoms with Gasteiger partial charge in [-0.3, -0.25) is 4.79 Å². The van der Waals surface area contributed by atoms with Crippen molar-refractivity contribution in [1.82, 2.24) is 5.32 Å². The summed E-state index contributed by atoms with van der Waals surface area (Å²) in [4.78, 5) is 11.2. The van der Waals surface area contributed by atoms with Crippen LogP contribution in [-0.2, 0) is 4.79 Å². The highest BCUT2D eigenvalue weighted by Gasteiger charge is 1.94. The molecule has 0 saturated carbocycles. The molecule has 0 aliphatic rings. The molecule has 0 unspecified atom stereocenters. The van der Waals surface area contributed by atoms with Crippen molar-refractivity contribution in [2.24, 2.45) is 0 Å². The summed E-state index contributed by atoms with van der Waals surface area (Å²) in [5.41, 5.74) is 0. The van der Waals surface area contributed by atoms with E-state index in [4.69, 9.17) is 4.11 Å². The van der Waals surface area contributed by atoms with Gasteiger partial charge in [-0.05, 0) is 12.5 Å². The molecule has 0 bridgehead atoms. The van der Waals surface area contributed by atoms with E-state index in [2.05, 4.69) is 12.2 Å². The number of nitrogens with one attached hydrogen (secondary N) is 1. The van der Waals surface area contributed by atoms with Gasteiger partial charge >= 0.3 is 0 Å². The largest absolute Gasteiger partial charge is 0.353 e. The molecule has 17 heavy (non-hydrogen) atoms. The summed E-state index contributed by atoms with van der Waals surface area (Å²) in [7, 11) is 0. The maximum Gasteiger partial charge on any atom is 0.243 e. The lowest BCUT2D eigenvalue weighted by Gasteiger charge is -2.03. The molecular formula is C15H29NO. The van der Waals surface area contributed by atoms with Crippen LogP contribution < -0.4 is 5.32 Å². The smallest absolute Gasteiger partial charge is 0.243 e. The van der Waals surface area contributed by atoms with Gasteiger partial charge in [-0.25, -0.2) is 0 Å². The van der Waals surface area contributed by atoms with E-state index in [1.807, 2.05) is 0 Å². The van der Waals surface area contributed by atoms with Gasteiger partial charge in [-0.2, -0.15) is 0 Å². The number of hydrogen-bond donors (Lipinski definition) is 1. The molecule has 0 spiro atoms. The second-order valence-corrected chi connectivity index (χ2v) is 4.56. The predicted octanol–water partition coefficient (Wildman–Crippen LogP) is 4.21. The molecule has 0 radical (unpaired) electrons. The fourth-order valence-electron chi connectivity index (χ4n) is 1.86. The predicted molar refractivity (Wildman–Crippen MR) is 75.1 cm³/mol. The van der Waals surface area contributed by atoms with Gasteiger partial charge in [0, 0.05) is 6.54 Å². The molecule has 0 saturated heterocycles. The summed E-state index contributed by atoms with van der Waals surface area (Å²) < 4.78 is 20.9. The number of carbonyl (C=O) groups is 1. The summed E-state index contributed by atoms with van der Waals surface area (Å²) in [5.74, 6) is -0.610. The first-order chi connectivity index (χ1) is 9.59. The van der Waals surface area contributed by atoms with E-state index in [1.54, 1.807) is 0 Å². The monoisotopic (exact) mass is 242 g/mol. The van der Waals surface area contributed by atoms with E-state index in [0.717, 1.165) is 12.8 Å². The Kier molecular flexibility index (Phi) is 8.83. The Hall–Kier alpha value is -0.790. The third kappa shape index (κ3) is 13.1. The van der Waals surface area contributed by atoms with Crippen molar-refractivity contribution >= 4 is 5.91 Å². The number of hydrogen-bond acceptors (Lipinski definition) is 1. The SMILES string of the molecule is [2H]C([2H])=C([2H])C(=O)NCCCCCCCCCCCC. The molecule has 0 heterocycles. The Morgan fingerprint density at radius 1 is 1.12 bits per heavy atom. The molecule has 2 heteroatoms. The Balaban J connectivity index is 3.29. The van der Waals surface area contributed by atoms with E-state index >= 15 is 0 Å². The van der Waals surface area contributed by atoms with Gasteiger partial charge in [0.25, 0.3) is 0 Å². The average Bonchev–Trinajstić information content (AvgIpc) is 2.43.